The Morgan fingerprint density at radius 3 is 2.85 bits per heavy atom. The highest BCUT2D eigenvalue weighted by atomic mass is 79.9. The number of nitrogens with one attached hydrogen (secondary N) is 1. The van der Waals surface area contributed by atoms with E-state index in [1.165, 1.54) is 0 Å². The highest BCUT2D eigenvalue weighted by molar-refractivity contribution is 9.10. The van der Waals surface area contributed by atoms with Gasteiger partial charge in [0.1, 0.15) is 18.5 Å². The minimum atomic E-state index is -0.563. The van der Waals surface area contributed by atoms with Crippen molar-refractivity contribution in [2.24, 2.45) is 0 Å². The van der Waals surface area contributed by atoms with Gasteiger partial charge < -0.3 is 15.2 Å². The Kier molecular flexibility index (Phi) is 5.82. The molecule has 20 heavy (non-hydrogen) atoms. The first kappa shape index (κ1) is 15.3. The van der Waals surface area contributed by atoms with Crippen molar-refractivity contribution in [1.82, 2.24) is 10.2 Å². The van der Waals surface area contributed by atoms with E-state index in [2.05, 4.69) is 26.1 Å². The Labute approximate surface area is 127 Å². The molecule has 1 saturated heterocycles. The highest BCUT2D eigenvalue weighted by Gasteiger charge is 2.16. The first-order valence-corrected chi connectivity index (χ1v) is 7.48. The molecule has 0 bridgehead atoms. The summed E-state index contributed by atoms with van der Waals surface area (Å²) < 4.78 is 6.53. The molecule has 1 aromatic rings. The highest BCUT2D eigenvalue weighted by Crippen LogP contribution is 2.16. The molecule has 0 radical (unpaired) electrons. The summed E-state index contributed by atoms with van der Waals surface area (Å²) >= 11 is 3.36. The first-order valence-electron chi connectivity index (χ1n) is 6.69. The van der Waals surface area contributed by atoms with Crippen molar-refractivity contribution in [2.75, 3.05) is 32.8 Å². The van der Waals surface area contributed by atoms with Gasteiger partial charge in [-0.1, -0.05) is 15.9 Å². The molecule has 2 rings (SSSR count). The minimum absolute atomic E-state index is 0.0769. The van der Waals surface area contributed by atoms with Gasteiger partial charge in [-0.05, 0) is 24.3 Å². The van der Waals surface area contributed by atoms with Gasteiger partial charge in [0, 0.05) is 37.1 Å². The monoisotopic (exact) mass is 342 g/mol. The molecular weight excluding hydrogens is 324 g/mol. The summed E-state index contributed by atoms with van der Waals surface area (Å²) in [5, 5.41) is 12.8. The zero-order valence-electron chi connectivity index (χ0n) is 11.2. The summed E-state index contributed by atoms with van der Waals surface area (Å²) in [5.41, 5.74) is 0. The van der Waals surface area contributed by atoms with Crippen LogP contribution in [0.2, 0.25) is 0 Å². The summed E-state index contributed by atoms with van der Waals surface area (Å²) in [5.74, 6) is 0.813. The van der Waals surface area contributed by atoms with Gasteiger partial charge in [0.05, 0.1) is 0 Å². The van der Waals surface area contributed by atoms with E-state index in [1.807, 2.05) is 24.3 Å². The number of aliphatic hydroxyl groups is 1. The maximum absolute atomic E-state index is 11.2. The number of nitrogens with zero attached hydrogens (tertiary/aromatic N) is 1. The molecule has 1 fully saturated rings. The molecule has 1 aliphatic rings. The SMILES string of the molecule is O=C1CCN(CC(O)COc2ccc(Br)cc2)CCN1. The molecule has 1 amide bonds. The molecule has 1 atom stereocenters. The summed E-state index contributed by atoms with van der Waals surface area (Å²) in [7, 11) is 0. The molecule has 1 heterocycles. The summed E-state index contributed by atoms with van der Waals surface area (Å²) in [6.45, 7) is 2.85. The maximum Gasteiger partial charge on any atom is 0.221 e. The third kappa shape index (κ3) is 5.11. The van der Waals surface area contributed by atoms with Crippen molar-refractivity contribution >= 4 is 21.8 Å². The predicted molar refractivity (Wildman–Crippen MR) is 79.7 cm³/mol. The number of carbonyl (C=O) groups excluding carboxylic acids is 1. The van der Waals surface area contributed by atoms with E-state index in [-0.39, 0.29) is 12.5 Å². The molecule has 0 saturated carbocycles. The molecule has 1 unspecified atom stereocenters. The standard InChI is InChI=1S/C14H19BrN2O3/c15-11-1-3-13(4-2-11)20-10-12(18)9-17-7-5-14(19)16-6-8-17/h1-4,12,18H,5-10H2,(H,16,19). The molecule has 0 spiro atoms. The number of carbonyl (C=O) groups is 1. The van der Waals surface area contributed by atoms with Gasteiger partial charge in [0.2, 0.25) is 5.91 Å². The average Bonchev–Trinajstić information content (AvgIpc) is 2.63. The Morgan fingerprint density at radius 1 is 1.35 bits per heavy atom. The second kappa shape index (κ2) is 7.61. The van der Waals surface area contributed by atoms with Crippen LogP contribution in [-0.4, -0.2) is 54.8 Å². The number of β-amino-alcohol motifs (C(OH)–C–C–N with tert-alkyl or cyclic N) is 1. The molecule has 1 aliphatic heterocycles. The van der Waals surface area contributed by atoms with E-state index in [4.69, 9.17) is 4.74 Å². The number of ether oxygens (including phenoxy) is 1. The largest absolute Gasteiger partial charge is 0.491 e. The lowest BCUT2D eigenvalue weighted by atomic mass is 10.3. The van der Waals surface area contributed by atoms with E-state index in [0.29, 0.717) is 26.1 Å². The zero-order chi connectivity index (χ0) is 14.4. The quantitative estimate of drug-likeness (QED) is 0.838. The number of rotatable bonds is 5. The molecule has 110 valence electrons. The Morgan fingerprint density at radius 2 is 2.10 bits per heavy atom. The molecule has 0 aliphatic carbocycles. The number of benzene rings is 1. The van der Waals surface area contributed by atoms with Crippen molar-refractivity contribution in [3.8, 4) is 5.75 Å². The van der Waals surface area contributed by atoms with Gasteiger partial charge in [-0.25, -0.2) is 0 Å². The van der Waals surface area contributed by atoms with Crippen molar-refractivity contribution in [3.05, 3.63) is 28.7 Å². The van der Waals surface area contributed by atoms with E-state index in [0.717, 1.165) is 16.8 Å². The fourth-order valence-corrected chi connectivity index (χ4v) is 2.33. The summed E-state index contributed by atoms with van der Waals surface area (Å²) in [6.07, 6.45) is -0.0767. The van der Waals surface area contributed by atoms with Crippen LogP contribution >= 0.6 is 15.9 Å². The van der Waals surface area contributed by atoms with Crippen molar-refractivity contribution in [1.29, 1.82) is 0 Å². The minimum Gasteiger partial charge on any atom is -0.491 e. The second-order valence-electron chi connectivity index (χ2n) is 4.82. The van der Waals surface area contributed by atoms with Crippen LogP contribution in [0.15, 0.2) is 28.7 Å². The Balaban J connectivity index is 1.73. The third-order valence-corrected chi connectivity index (χ3v) is 3.66. The van der Waals surface area contributed by atoms with Gasteiger partial charge in [-0.3, -0.25) is 9.69 Å². The normalized spacial score (nSPS) is 18.2. The third-order valence-electron chi connectivity index (χ3n) is 3.13. The van der Waals surface area contributed by atoms with E-state index in [1.54, 1.807) is 0 Å². The maximum atomic E-state index is 11.2. The lowest BCUT2D eigenvalue weighted by Crippen LogP contribution is -2.37. The van der Waals surface area contributed by atoms with Crippen LogP contribution in [0, 0.1) is 0 Å². The predicted octanol–water partition coefficient (Wildman–Crippen LogP) is 1.01. The van der Waals surface area contributed by atoms with Crippen LogP contribution in [0.3, 0.4) is 0 Å². The Hall–Kier alpha value is -1.11. The van der Waals surface area contributed by atoms with Crippen molar-refractivity contribution < 1.29 is 14.6 Å². The lowest BCUT2D eigenvalue weighted by molar-refractivity contribution is -0.120. The molecule has 2 N–H and O–H groups in total. The van der Waals surface area contributed by atoms with Crippen molar-refractivity contribution in [2.45, 2.75) is 12.5 Å². The number of amides is 1. The Bertz CT molecular complexity index is 439. The first-order chi connectivity index (χ1) is 9.63. The number of hydrogen-bond acceptors (Lipinski definition) is 4. The van der Waals surface area contributed by atoms with Crippen LogP contribution in [0.4, 0.5) is 0 Å². The van der Waals surface area contributed by atoms with E-state index < -0.39 is 6.10 Å². The summed E-state index contributed by atoms with van der Waals surface area (Å²) in [6, 6.07) is 7.50. The number of aliphatic hydroxyl groups excluding tert-OH is 1. The van der Waals surface area contributed by atoms with E-state index >= 15 is 0 Å². The van der Waals surface area contributed by atoms with Gasteiger partial charge in [-0.15, -0.1) is 0 Å². The van der Waals surface area contributed by atoms with Gasteiger partial charge in [-0.2, -0.15) is 0 Å². The topological polar surface area (TPSA) is 61.8 Å². The number of hydrogen-bond donors (Lipinski definition) is 2. The molecule has 0 aromatic heterocycles. The van der Waals surface area contributed by atoms with Crippen LogP contribution in [-0.2, 0) is 4.79 Å². The smallest absolute Gasteiger partial charge is 0.221 e. The van der Waals surface area contributed by atoms with Crippen molar-refractivity contribution in [3.63, 3.8) is 0 Å². The van der Waals surface area contributed by atoms with E-state index in [9.17, 15) is 9.90 Å². The average molecular weight is 343 g/mol. The molecular formula is C14H19BrN2O3. The van der Waals surface area contributed by atoms with Crippen LogP contribution in [0.5, 0.6) is 5.75 Å². The van der Waals surface area contributed by atoms with Gasteiger partial charge in [0.15, 0.2) is 0 Å². The number of halogens is 1. The van der Waals surface area contributed by atoms with Crippen LogP contribution in [0.1, 0.15) is 6.42 Å². The molecule has 5 nitrogen and oxygen atoms in total. The fourth-order valence-electron chi connectivity index (χ4n) is 2.07. The summed E-state index contributed by atoms with van der Waals surface area (Å²) in [4.78, 5) is 13.3. The van der Waals surface area contributed by atoms with Crippen LogP contribution < -0.4 is 10.1 Å². The van der Waals surface area contributed by atoms with Crippen LogP contribution in [0.25, 0.3) is 0 Å². The fraction of sp³-hybridized carbons (Fsp3) is 0.500. The van der Waals surface area contributed by atoms with Gasteiger partial charge in [0.25, 0.3) is 0 Å². The van der Waals surface area contributed by atoms with Gasteiger partial charge >= 0.3 is 0 Å². The lowest BCUT2D eigenvalue weighted by Gasteiger charge is -2.22. The zero-order valence-corrected chi connectivity index (χ0v) is 12.8. The molecule has 6 heteroatoms. The molecule has 1 aromatic carbocycles. The second-order valence-corrected chi connectivity index (χ2v) is 5.73.